The molecular formula is C16H19N5O5S. The molecule has 1 aromatic carbocycles. The van der Waals surface area contributed by atoms with Crippen LogP contribution in [0, 0.1) is 0 Å². The van der Waals surface area contributed by atoms with Gasteiger partial charge in [0.25, 0.3) is 5.95 Å². The number of carbonyl (C=O) groups is 1. The lowest BCUT2D eigenvalue weighted by Crippen LogP contribution is -2.48. The summed E-state index contributed by atoms with van der Waals surface area (Å²) in [4.78, 5) is 20.5. The number of ether oxygens (including phenoxy) is 2. The van der Waals surface area contributed by atoms with Crippen LogP contribution in [-0.2, 0) is 16.6 Å². The van der Waals surface area contributed by atoms with Gasteiger partial charge in [-0.15, -0.1) is 4.31 Å². The van der Waals surface area contributed by atoms with E-state index in [9.17, 15) is 13.2 Å². The summed E-state index contributed by atoms with van der Waals surface area (Å²) in [5.74, 6) is -0.438. The predicted molar refractivity (Wildman–Crippen MR) is 96.8 cm³/mol. The predicted octanol–water partition coefficient (Wildman–Crippen LogP) is 0.901. The van der Waals surface area contributed by atoms with Crippen LogP contribution in [0.5, 0.6) is 11.8 Å². The lowest BCUT2D eigenvalue weighted by atomic mass is 10.1. The number of nitrogens with one attached hydrogen (secondary N) is 1. The minimum absolute atomic E-state index is 0.0181. The molecule has 0 radical (unpaired) electrons. The van der Waals surface area contributed by atoms with Crippen molar-refractivity contribution >= 4 is 22.2 Å². The van der Waals surface area contributed by atoms with Gasteiger partial charge in [-0.05, 0) is 24.0 Å². The van der Waals surface area contributed by atoms with Crippen LogP contribution >= 0.6 is 0 Å². The van der Waals surface area contributed by atoms with Crippen molar-refractivity contribution in [1.82, 2.24) is 15.3 Å². The maximum atomic E-state index is 12.7. The van der Waals surface area contributed by atoms with Crippen molar-refractivity contribution in [3.63, 3.8) is 0 Å². The van der Waals surface area contributed by atoms with Gasteiger partial charge < -0.3 is 14.8 Å². The van der Waals surface area contributed by atoms with E-state index in [1.165, 1.54) is 20.3 Å². The van der Waals surface area contributed by atoms with Crippen LogP contribution in [-0.4, -0.2) is 38.6 Å². The highest BCUT2D eigenvalue weighted by atomic mass is 32.2. The summed E-state index contributed by atoms with van der Waals surface area (Å²) in [6, 6.07) is 7.66. The number of nitrogens with zero attached hydrogens (tertiary/aromatic N) is 3. The van der Waals surface area contributed by atoms with Gasteiger partial charge in [0.1, 0.15) is 0 Å². The van der Waals surface area contributed by atoms with E-state index in [0.29, 0.717) is 10.7 Å². The van der Waals surface area contributed by atoms with Gasteiger partial charge in [-0.3, -0.25) is 0 Å². The van der Waals surface area contributed by atoms with Gasteiger partial charge in [0.05, 0.1) is 26.3 Å². The molecule has 2 aromatic rings. The number of hydrogen-bond donors (Lipinski definition) is 2. The maximum absolute atomic E-state index is 12.7. The Morgan fingerprint density at radius 3 is 2.44 bits per heavy atom. The zero-order valence-corrected chi connectivity index (χ0v) is 15.6. The second kappa shape index (κ2) is 7.37. The minimum Gasteiger partial charge on any atom is -0.481 e. The van der Waals surface area contributed by atoms with Crippen molar-refractivity contribution in [1.29, 1.82) is 0 Å². The number of aryl methyl sites for hydroxylation is 1. The van der Waals surface area contributed by atoms with Gasteiger partial charge in [-0.1, -0.05) is 24.3 Å². The molecule has 1 aliphatic rings. The molecule has 0 saturated carbocycles. The molecule has 0 aliphatic heterocycles. The molecule has 3 rings (SSSR count). The third kappa shape index (κ3) is 3.93. The Kier molecular flexibility index (Phi) is 5.15. The molecular weight excluding hydrogens is 374 g/mol. The van der Waals surface area contributed by atoms with E-state index in [-0.39, 0.29) is 17.8 Å². The lowest BCUT2D eigenvalue weighted by Gasteiger charge is -2.22. The number of fused-ring (bicyclic) bond motifs is 1. The van der Waals surface area contributed by atoms with E-state index in [4.69, 9.17) is 14.6 Å². The molecule has 10 nitrogen and oxygen atoms in total. The van der Waals surface area contributed by atoms with E-state index in [1.54, 1.807) is 0 Å². The van der Waals surface area contributed by atoms with E-state index in [1.807, 2.05) is 24.3 Å². The molecule has 144 valence electrons. The third-order valence-electron chi connectivity index (χ3n) is 4.14. The standard InChI is InChI=1S/C16H19N5O5S/c1-25-13-9-14(26-2)20-15(19-13)21(27(17,23)24)16(22)18-12-8-7-10-5-3-4-6-11(10)12/h3-6,9,12H,7-8H2,1-2H3,(H,18,22)(H2,17,23,24). The van der Waals surface area contributed by atoms with Gasteiger partial charge in [-0.2, -0.15) is 18.4 Å². The average molecular weight is 393 g/mol. The van der Waals surface area contributed by atoms with E-state index in [0.717, 1.165) is 17.5 Å². The number of methoxy groups -OCH3 is 2. The Morgan fingerprint density at radius 1 is 1.22 bits per heavy atom. The molecule has 0 spiro atoms. The topological polar surface area (TPSA) is 137 Å². The summed E-state index contributed by atoms with van der Waals surface area (Å²) >= 11 is 0. The Morgan fingerprint density at radius 2 is 1.85 bits per heavy atom. The highest BCUT2D eigenvalue weighted by Gasteiger charge is 2.33. The van der Waals surface area contributed by atoms with Crippen molar-refractivity contribution < 1.29 is 22.7 Å². The molecule has 1 aliphatic carbocycles. The Bertz CT molecular complexity index is 943. The van der Waals surface area contributed by atoms with Gasteiger partial charge in [-0.25, -0.2) is 9.93 Å². The fourth-order valence-corrected chi connectivity index (χ4v) is 3.52. The lowest BCUT2D eigenvalue weighted by molar-refractivity contribution is 0.245. The van der Waals surface area contributed by atoms with Crippen LogP contribution < -0.4 is 24.2 Å². The van der Waals surface area contributed by atoms with Crippen molar-refractivity contribution in [2.24, 2.45) is 5.14 Å². The van der Waals surface area contributed by atoms with E-state index < -0.39 is 22.2 Å². The SMILES string of the molecule is COc1cc(OC)nc(N(C(=O)NC2CCc3ccccc32)S(N)(=O)=O)n1. The Balaban J connectivity index is 1.94. The molecule has 27 heavy (non-hydrogen) atoms. The largest absolute Gasteiger partial charge is 0.481 e. The van der Waals surface area contributed by atoms with Crippen LogP contribution in [0.25, 0.3) is 0 Å². The fraction of sp³-hybridized carbons (Fsp3) is 0.312. The maximum Gasteiger partial charge on any atom is 0.339 e. The smallest absolute Gasteiger partial charge is 0.339 e. The van der Waals surface area contributed by atoms with E-state index >= 15 is 0 Å². The van der Waals surface area contributed by atoms with Crippen molar-refractivity contribution in [3.05, 3.63) is 41.5 Å². The van der Waals surface area contributed by atoms with Crippen LogP contribution in [0.4, 0.5) is 10.7 Å². The summed E-state index contributed by atoms with van der Waals surface area (Å²) in [6.45, 7) is 0. The zero-order valence-electron chi connectivity index (χ0n) is 14.7. The molecule has 0 bridgehead atoms. The summed E-state index contributed by atoms with van der Waals surface area (Å²) in [7, 11) is -1.83. The minimum atomic E-state index is -4.50. The van der Waals surface area contributed by atoms with Crippen molar-refractivity contribution in [3.8, 4) is 11.8 Å². The fourth-order valence-electron chi connectivity index (χ4n) is 2.93. The van der Waals surface area contributed by atoms with Crippen LogP contribution in [0.1, 0.15) is 23.6 Å². The van der Waals surface area contributed by atoms with Crippen molar-refractivity contribution in [2.45, 2.75) is 18.9 Å². The second-order valence-corrected chi connectivity index (χ2v) is 7.20. The summed E-state index contributed by atoms with van der Waals surface area (Å²) in [5, 5.41) is 7.92. The number of nitrogens with two attached hydrogens (primary N) is 1. The molecule has 0 saturated heterocycles. The molecule has 11 heteroatoms. The molecule has 1 atom stereocenters. The van der Waals surface area contributed by atoms with Crippen LogP contribution in [0.15, 0.2) is 30.3 Å². The highest BCUT2D eigenvalue weighted by Crippen LogP contribution is 2.31. The first-order valence-electron chi connectivity index (χ1n) is 8.02. The number of carbonyl (C=O) groups excluding carboxylic acids is 1. The number of amides is 2. The molecule has 1 unspecified atom stereocenters. The number of urea groups is 1. The summed E-state index contributed by atoms with van der Waals surface area (Å²) in [6.07, 6.45) is 1.42. The summed E-state index contributed by atoms with van der Waals surface area (Å²) < 4.78 is 34.4. The summed E-state index contributed by atoms with van der Waals surface area (Å²) in [5.41, 5.74) is 2.04. The average Bonchev–Trinajstić information content (AvgIpc) is 3.03. The molecule has 2 amide bonds. The van der Waals surface area contributed by atoms with Crippen molar-refractivity contribution in [2.75, 3.05) is 18.5 Å². The quantitative estimate of drug-likeness (QED) is 0.770. The monoisotopic (exact) mass is 393 g/mol. The molecule has 1 heterocycles. The number of anilines is 1. The van der Waals surface area contributed by atoms with Crippen LogP contribution in [0.3, 0.4) is 0 Å². The molecule has 1 aromatic heterocycles. The van der Waals surface area contributed by atoms with Gasteiger partial charge in [0, 0.05) is 0 Å². The third-order valence-corrected chi connectivity index (χ3v) is 4.97. The first-order chi connectivity index (χ1) is 12.8. The number of rotatable bonds is 5. The second-order valence-electron chi connectivity index (χ2n) is 5.80. The first-order valence-corrected chi connectivity index (χ1v) is 9.52. The zero-order chi connectivity index (χ0) is 19.6. The van der Waals surface area contributed by atoms with Gasteiger partial charge in [0.15, 0.2) is 0 Å². The number of hydrogen-bond acceptors (Lipinski definition) is 7. The number of benzene rings is 1. The Hall–Kier alpha value is -2.92. The normalized spacial score (nSPS) is 15.7. The van der Waals surface area contributed by atoms with E-state index in [2.05, 4.69) is 15.3 Å². The molecule has 3 N–H and O–H groups in total. The molecule has 0 fully saturated rings. The van der Waals surface area contributed by atoms with Gasteiger partial charge in [0.2, 0.25) is 11.8 Å². The van der Waals surface area contributed by atoms with Crippen LogP contribution in [0.2, 0.25) is 0 Å². The Labute approximate surface area is 156 Å². The number of aromatic nitrogens is 2. The highest BCUT2D eigenvalue weighted by molar-refractivity contribution is 7.91. The van der Waals surface area contributed by atoms with Gasteiger partial charge >= 0.3 is 16.2 Å². The first kappa shape index (κ1) is 18.9.